The van der Waals surface area contributed by atoms with Crippen LogP contribution in [0.25, 0.3) is 22.3 Å². The van der Waals surface area contributed by atoms with Crippen molar-refractivity contribution in [2.24, 2.45) is 7.05 Å². The molecule has 28 heavy (non-hydrogen) atoms. The van der Waals surface area contributed by atoms with E-state index in [1.165, 1.54) is 5.56 Å². The summed E-state index contributed by atoms with van der Waals surface area (Å²) in [5.41, 5.74) is 11.1. The Kier molecular flexibility index (Phi) is 4.69. The zero-order chi connectivity index (χ0) is 19.7. The molecule has 0 unspecified atom stereocenters. The molecule has 0 saturated heterocycles. The minimum absolute atomic E-state index is 0.478. The standard InChI is InChI=1S/C22H24N6/c1-14(2)16-9-11-17(12-10-16)19-18-20(23)28(3)27-21(18)26-22(25-19)24-13-15-7-5-4-6-8-15/h4-12,14H,13,23H2,1-3H3,(H,24,26,27). The van der Waals surface area contributed by atoms with Crippen LogP contribution in [-0.2, 0) is 13.6 Å². The molecule has 6 heteroatoms. The summed E-state index contributed by atoms with van der Waals surface area (Å²) in [6.07, 6.45) is 0. The number of rotatable bonds is 5. The van der Waals surface area contributed by atoms with Gasteiger partial charge in [-0.05, 0) is 17.0 Å². The quantitative estimate of drug-likeness (QED) is 0.544. The number of fused-ring (bicyclic) bond motifs is 1. The molecule has 0 amide bonds. The van der Waals surface area contributed by atoms with Crippen LogP contribution in [0, 0.1) is 0 Å². The van der Waals surface area contributed by atoms with Crippen LogP contribution in [-0.4, -0.2) is 19.7 Å². The second kappa shape index (κ2) is 7.31. The smallest absolute Gasteiger partial charge is 0.225 e. The number of nitrogen functional groups attached to an aromatic ring is 1. The second-order valence-corrected chi connectivity index (χ2v) is 7.22. The maximum Gasteiger partial charge on any atom is 0.225 e. The lowest BCUT2D eigenvalue weighted by Gasteiger charge is -2.10. The summed E-state index contributed by atoms with van der Waals surface area (Å²) in [5.74, 6) is 1.58. The molecule has 0 spiro atoms. The monoisotopic (exact) mass is 372 g/mol. The lowest BCUT2D eigenvalue weighted by molar-refractivity contribution is 0.787. The fourth-order valence-corrected chi connectivity index (χ4v) is 3.21. The summed E-state index contributed by atoms with van der Waals surface area (Å²) in [7, 11) is 1.82. The van der Waals surface area contributed by atoms with Gasteiger partial charge in [0.1, 0.15) is 5.82 Å². The van der Waals surface area contributed by atoms with Gasteiger partial charge in [0.05, 0.1) is 11.1 Å². The van der Waals surface area contributed by atoms with Gasteiger partial charge in [0, 0.05) is 19.2 Å². The van der Waals surface area contributed by atoms with Crippen molar-refractivity contribution in [1.29, 1.82) is 0 Å². The third-order valence-corrected chi connectivity index (χ3v) is 4.88. The van der Waals surface area contributed by atoms with E-state index in [2.05, 4.69) is 65.6 Å². The molecule has 2 aromatic heterocycles. The van der Waals surface area contributed by atoms with Gasteiger partial charge in [0.2, 0.25) is 5.95 Å². The molecule has 2 aromatic carbocycles. The van der Waals surface area contributed by atoms with Crippen LogP contribution in [0.2, 0.25) is 0 Å². The van der Waals surface area contributed by atoms with E-state index in [0.717, 1.165) is 22.2 Å². The van der Waals surface area contributed by atoms with Crippen LogP contribution in [0.4, 0.5) is 11.8 Å². The average molecular weight is 372 g/mol. The van der Waals surface area contributed by atoms with Crippen molar-refractivity contribution in [3.63, 3.8) is 0 Å². The van der Waals surface area contributed by atoms with Crippen LogP contribution in [0.1, 0.15) is 30.9 Å². The Morgan fingerprint density at radius 1 is 1.00 bits per heavy atom. The van der Waals surface area contributed by atoms with Gasteiger partial charge in [-0.2, -0.15) is 10.1 Å². The second-order valence-electron chi connectivity index (χ2n) is 7.22. The number of hydrogen-bond donors (Lipinski definition) is 2. The highest BCUT2D eigenvalue weighted by atomic mass is 15.3. The number of nitrogens with two attached hydrogens (primary N) is 1. The number of nitrogens with zero attached hydrogens (tertiary/aromatic N) is 4. The van der Waals surface area contributed by atoms with Gasteiger partial charge in [-0.1, -0.05) is 68.4 Å². The van der Waals surface area contributed by atoms with Crippen molar-refractivity contribution in [2.75, 3.05) is 11.1 Å². The average Bonchev–Trinajstić information content (AvgIpc) is 3.00. The van der Waals surface area contributed by atoms with Gasteiger partial charge in [-0.15, -0.1) is 0 Å². The van der Waals surface area contributed by atoms with E-state index in [9.17, 15) is 0 Å². The molecule has 0 aliphatic carbocycles. The number of aryl methyl sites for hydroxylation is 1. The molecule has 142 valence electrons. The zero-order valence-corrected chi connectivity index (χ0v) is 16.3. The molecule has 0 radical (unpaired) electrons. The van der Waals surface area contributed by atoms with Gasteiger partial charge in [0.25, 0.3) is 0 Å². The lowest BCUT2D eigenvalue weighted by atomic mass is 10.00. The first-order valence-electron chi connectivity index (χ1n) is 9.41. The Labute approximate surface area is 164 Å². The van der Waals surface area contributed by atoms with E-state index in [-0.39, 0.29) is 0 Å². The Bertz CT molecular complexity index is 1100. The Morgan fingerprint density at radius 3 is 2.39 bits per heavy atom. The van der Waals surface area contributed by atoms with Crippen molar-refractivity contribution < 1.29 is 0 Å². The third-order valence-electron chi connectivity index (χ3n) is 4.88. The highest BCUT2D eigenvalue weighted by Gasteiger charge is 2.17. The van der Waals surface area contributed by atoms with E-state index in [4.69, 9.17) is 10.7 Å². The normalized spacial score (nSPS) is 11.3. The van der Waals surface area contributed by atoms with Gasteiger partial charge >= 0.3 is 0 Å². The highest BCUT2D eigenvalue weighted by molar-refractivity contribution is 5.98. The molecule has 4 rings (SSSR count). The van der Waals surface area contributed by atoms with Gasteiger partial charge in [-0.3, -0.25) is 4.68 Å². The van der Waals surface area contributed by atoms with Crippen LogP contribution in [0.15, 0.2) is 54.6 Å². The molecule has 3 N–H and O–H groups in total. The van der Waals surface area contributed by atoms with Crippen LogP contribution in [0.5, 0.6) is 0 Å². The number of nitrogens with one attached hydrogen (secondary N) is 1. The van der Waals surface area contributed by atoms with Gasteiger partial charge < -0.3 is 11.1 Å². The van der Waals surface area contributed by atoms with Crippen molar-refractivity contribution in [3.05, 3.63) is 65.7 Å². The van der Waals surface area contributed by atoms with Crippen molar-refractivity contribution in [2.45, 2.75) is 26.3 Å². The molecule has 6 nitrogen and oxygen atoms in total. The van der Waals surface area contributed by atoms with Crippen molar-refractivity contribution >= 4 is 22.8 Å². The molecular weight excluding hydrogens is 348 g/mol. The van der Waals surface area contributed by atoms with Gasteiger partial charge in [0.15, 0.2) is 5.65 Å². The first-order chi connectivity index (χ1) is 13.5. The summed E-state index contributed by atoms with van der Waals surface area (Å²) in [6.45, 7) is 5.01. The molecule has 2 heterocycles. The minimum atomic E-state index is 0.478. The van der Waals surface area contributed by atoms with E-state index in [1.807, 2.05) is 25.2 Å². The van der Waals surface area contributed by atoms with Crippen molar-refractivity contribution in [3.8, 4) is 11.3 Å². The summed E-state index contributed by atoms with van der Waals surface area (Å²) in [6, 6.07) is 18.6. The number of hydrogen-bond acceptors (Lipinski definition) is 5. The largest absolute Gasteiger partial charge is 0.383 e. The predicted octanol–water partition coefficient (Wildman–Crippen LogP) is 4.35. The van der Waals surface area contributed by atoms with Gasteiger partial charge in [-0.25, -0.2) is 4.98 Å². The Balaban J connectivity index is 1.76. The molecule has 0 saturated carbocycles. The molecule has 0 bridgehead atoms. The highest BCUT2D eigenvalue weighted by Crippen LogP contribution is 2.31. The lowest BCUT2D eigenvalue weighted by Crippen LogP contribution is -2.05. The number of benzene rings is 2. The van der Waals surface area contributed by atoms with E-state index < -0.39 is 0 Å². The summed E-state index contributed by atoms with van der Waals surface area (Å²) in [4.78, 5) is 9.35. The maximum atomic E-state index is 6.27. The zero-order valence-electron chi connectivity index (χ0n) is 16.3. The number of anilines is 2. The topological polar surface area (TPSA) is 81.7 Å². The minimum Gasteiger partial charge on any atom is -0.383 e. The third kappa shape index (κ3) is 3.41. The van der Waals surface area contributed by atoms with Crippen molar-refractivity contribution in [1.82, 2.24) is 19.7 Å². The molecule has 4 aromatic rings. The summed E-state index contributed by atoms with van der Waals surface area (Å²) >= 11 is 0. The first-order valence-corrected chi connectivity index (χ1v) is 9.41. The molecule has 0 atom stereocenters. The van der Waals surface area contributed by atoms with E-state index in [0.29, 0.717) is 29.9 Å². The summed E-state index contributed by atoms with van der Waals surface area (Å²) in [5, 5.41) is 8.55. The molecule has 0 aliphatic rings. The molecule has 0 fully saturated rings. The predicted molar refractivity (Wildman–Crippen MR) is 114 cm³/mol. The number of aromatic nitrogens is 4. The fraction of sp³-hybridized carbons (Fsp3) is 0.227. The summed E-state index contributed by atoms with van der Waals surface area (Å²) < 4.78 is 1.65. The van der Waals surface area contributed by atoms with Crippen LogP contribution >= 0.6 is 0 Å². The first kappa shape index (κ1) is 18.0. The van der Waals surface area contributed by atoms with E-state index >= 15 is 0 Å². The maximum absolute atomic E-state index is 6.27. The Morgan fingerprint density at radius 2 is 1.71 bits per heavy atom. The molecular formula is C22H24N6. The van der Waals surface area contributed by atoms with Crippen LogP contribution < -0.4 is 11.1 Å². The Hall–Kier alpha value is -3.41. The fourth-order valence-electron chi connectivity index (χ4n) is 3.21. The van der Waals surface area contributed by atoms with E-state index in [1.54, 1.807) is 4.68 Å². The SMILES string of the molecule is CC(C)c1ccc(-c2nc(NCc3ccccc3)nc3nn(C)c(N)c23)cc1. The molecule has 0 aliphatic heterocycles. The van der Waals surface area contributed by atoms with Crippen LogP contribution in [0.3, 0.4) is 0 Å².